The lowest BCUT2D eigenvalue weighted by Crippen LogP contribution is -2.19. The van der Waals surface area contributed by atoms with Crippen molar-refractivity contribution in [3.8, 4) is 0 Å². The molecule has 4 heteroatoms. The molecular weight excluding hydrogens is 207 g/mol. The van der Waals surface area contributed by atoms with Crippen LogP contribution in [0.4, 0.5) is 0 Å². The second kappa shape index (κ2) is 3.64. The first-order valence-electron chi connectivity index (χ1n) is 5.63. The number of rotatable bonds is 2. The van der Waals surface area contributed by atoms with Crippen molar-refractivity contribution in [2.75, 3.05) is 13.1 Å². The zero-order valence-electron chi connectivity index (χ0n) is 10.3. The Morgan fingerprint density at radius 2 is 1.93 bits per heavy atom. The highest BCUT2D eigenvalue weighted by Crippen LogP contribution is 2.58. The molecule has 0 aromatic heterocycles. The van der Waals surface area contributed by atoms with E-state index in [-0.39, 0.29) is 5.41 Å². The second-order valence-corrected chi connectivity index (χ2v) is 7.23. The predicted molar refractivity (Wildman–Crippen MR) is 64.1 cm³/mol. The first kappa shape index (κ1) is 11.2. The Kier molecular flexibility index (Phi) is 2.72. The van der Waals surface area contributed by atoms with Crippen LogP contribution in [0, 0.1) is 5.41 Å². The molecule has 0 spiro atoms. The summed E-state index contributed by atoms with van der Waals surface area (Å²) in [5.74, 6) is 1.13. The van der Waals surface area contributed by atoms with E-state index in [9.17, 15) is 0 Å². The molecule has 0 aromatic carbocycles. The Bertz CT molecular complexity index is 279. The van der Waals surface area contributed by atoms with Crippen LogP contribution in [0.5, 0.6) is 0 Å². The maximum Gasteiger partial charge on any atom is 0.278 e. The van der Waals surface area contributed by atoms with Crippen molar-refractivity contribution in [3.63, 3.8) is 0 Å². The minimum Gasteiger partial charge on any atom is -0.443 e. The fourth-order valence-corrected chi connectivity index (χ4v) is 3.45. The van der Waals surface area contributed by atoms with Gasteiger partial charge in [0.1, 0.15) is 5.76 Å². The lowest BCUT2D eigenvalue weighted by Gasteiger charge is -2.27. The molecule has 2 rings (SSSR count). The van der Waals surface area contributed by atoms with E-state index in [4.69, 9.17) is 4.52 Å². The van der Waals surface area contributed by atoms with Crippen molar-refractivity contribution in [1.29, 1.82) is 0 Å². The molecule has 0 aliphatic carbocycles. The third-order valence-electron chi connectivity index (χ3n) is 2.56. The quantitative estimate of drug-likeness (QED) is 0.533. The second-order valence-electron chi connectivity index (χ2n) is 5.51. The van der Waals surface area contributed by atoms with Crippen LogP contribution in [0.3, 0.4) is 0 Å². The van der Waals surface area contributed by atoms with E-state index >= 15 is 0 Å². The van der Waals surface area contributed by atoms with E-state index in [2.05, 4.69) is 50.2 Å². The monoisotopic (exact) mass is 228 g/mol. The van der Waals surface area contributed by atoms with Gasteiger partial charge in [-0.1, -0.05) is 20.8 Å². The van der Waals surface area contributed by atoms with Crippen molar-refractivity contribution in [2.24, 2.45) is 5.41 Å². The lowest BCUT2D eigenvalue weighted by molar-refractivity contribution is 0.314. The highest BCUT2D eigenvalue weighted by atomic mass is 31.2. The summed E-state index contributed by atoms with van der Waals surface area (Å²) in [6.07, 6.45) is 2.22. The van der Waals surface area contributed by atoms with Crippen LogP contribution in [0.15, 0.2) is 12.0 Å². The summed E-state index contributed by atoms with van der Waals surface area (Å²) in [7, 11) is -0.525. The summed E-state index contributed by atoms with van der Waals surface area (Å²) in [5.41, 5.74) is 0.125. The van der Waals surface area contributed by atoms with Crippen molar-refractivity contribution in [3.05, 3.63) is 12.0 Å². The molecule has 2 heterocycles. The Hall–Kier alpha value is -0.270. The van der Waals surface area contributed by atoms with E-state index in [0.29, 0.717) is 6.04 Å². The van der Waals surface area contributed by atoms with Gasteiger partial charge in [-0.25, -0.2) is 4.67 Å². The molecule has 1 saturated heterocycles. The zero-order chi connectivity index (χ0) is 11.2. The number of allylic oxidation sites excluding steroid dienone is 1. The summed E-state index contributed by atoms with van der Waals surface area (Å²) < 4.78 is 10.9. The molecule has 1 atom stereocenters. The molecule has 0 bridgehead atoms. The molecule has 1 unspecified atom stereocenters. The Balaban J connectivity index is 2.14. The summed E-state index contributed by atoms with van der Waals surface area (Å²) >= 11 is 0. The number of hydrogen-bond donors (Lipinski definition) is 0. The minimum atomic E-state index is -0.525. The van der Waals surface area contributed by atoms with Gasteiger partial charge in [0.25, 0.3) is 8.45 Å². The van der Waals surface area contributed by atoms with Gasteiger partial charge in [-0.3, -0.25) is 0 Å². The van der Waals surface area contributed by atoms with Gasteiger partial charge < -0.3 is 9.19 Å². The Morgan fingerprint density at radius 3 is 2.33 bits per heavy atom. The van der Waals surface area contributed by atoms with Crippen LogP contribution in [-0.2, 0) is 4.52 Å². The van der Waals surface area contributed by atoms with Crippen LogP contribution < -0.4 is 0 Å². The van der Waals surface area contributed by atoms with Gasteiger partial charge in [0.05, 0.1) is 0 Å². The zero-order valence-corrected chi connectivity index (χ0v) is 11.2. The largest absolute Gasteiger partial charge is 0.443 e. The summed E-state index contributed by atoms with van der Waals surface area (Å²) in [6, 6.07) is 0.525. The van der Waals surface area contributed by atoms with Crippen LogP contribution in [0.2, 0.25) is 0 Å². The molecule has 0 saturated carbocycles. The van der Waals surface area contributed by atoms with Gasteiger partial charge in [0.2, 0.25) is 0 Å². The van der Waals surface area contributed by atoms with Gasteiger partial charge in [-0.15, -0.1) is 0 Å². The highest BCUT2D eigenvalue weighted by molar-refractivity contribution is 7.48. The molecule has 0 aromatic rings. The molecule has 2 aliphatic rings. The molecule has 1 fully saturated rings. The summed E-state index contributed by atoms with van der Waals surface area (Å²) in [6.45, 7) is 13.5. The van der Waals surface area contributed by atoms with Crippen molar-refractivity contribution >= 4 is 8.45 Å². The topological polar surface area (TPSA) is 15.5 Å². The average Bonchev–Trinajstić information content (AvgIpc) is 2.81. The van der Waals surface area contributed by atoms with E-state index in [1.54, 1.807) is 0 Å². The first-order chi connectivity index (χ1) is 6.89. The van der Waals surface area contributed by atoms with Gasteiger partial charge in [0.15, 0.2) is 0 Å². The van der Waals surface area contributed by atoms with E-state index < -0.39 is 8.45 Å². The van der Waals surface area contributed by atoms with Crippen molar-refractivity contribution < 1.29 is 4.52 Å². The van der Waals surface area contributed by atoms with Crippen molar-refractivity contribution in [1.82, 2.24) is 9.34 Å². The third-order valence-corrected chi connectivity index (χ3v) is 4.78. The van der Waals surface area contributed by atoms with E-state index in [0.717, 1.165) is 5.76 Å². The molecule has 0 radical (unpaired) electrons. The van der Waals surface area contributed by atoms with Gasteiger partial charge >= 0.3 is 0 Å². The highest BCUT2D eigenvalue weighted by Gasteiger charge is 2.42. The smallest absolute Gasteiger partial charge is 0.278 e. The number of hydrogen-bond acceptors (Lipinski definition) is 3. The van der Waals surface area contributed by atoms with Crippen molar-refractivity contribution in [2.45, 2.75) is 40.7 Å². The maximum atomic E-state index is 6.10. The van der Waals surface area contributed by atoms with Gasteiger partial charge in [-0.2, -0.15) is 0 Å². The fourth-order valence-electron chi connectivity index (χ4n) is 1.43. The molecule has 3 nitrogen and oxygen atoms in total. The molecule has 0 N–H and O–H groups in total. The molecule has 86 valence electrons. The Morgan fingerprint density at radius 1 is 1.33 bits per heavy atom. The van der Waals surface area contributed by atoms with Gasteiger partial charge in [-0.05, 0) is 13.8 Å². The van der Waals surface area contributed by atoms with Gasteiger partial charge in [0, 0.05) is 30.7 Å². The molecule has 15 heavy (non-hydrogen) atoms. The third kappa shape index (κ3) is 2.29. The summed E-state index contributed by atoms with van der Waals surface area (Å²) in [4.78, 5) is 0. The maximum absolute atomic E-state index is 6.10. The standard InChI is InChI=1S/C11H21N2OP/c1-9(2)13-8-10(11(3,4)5)14-15(13)12-6-7-12/h8-9H,6-7H2,1-5H3. The molecule has 2 aliphatic heterocycles. The van der Waals surface area contributed by atoms with E-state index in [1.807, 2.05) is 0 Å². The Labute approximate surface area is 94.0 Å². The van der Waals surface area contributed by atoms with Crippen LogP contribution in [-0.4, -0.2) is 28.5 Å². The van der Waals surface area contributed by atoms with Crippen LogP contribution in [0.1, 0.15) is 34.6 Å². The first-order valence-corrected chi connectivity index (χ1v) is 6.79. The normalized spacial score (nSPS) is 26.9. The lowest BCUT2D eigenvalue weighted by atomic mass is 9.94. The minimum absolute atomic E-state index is 0.125. The fraction of sp³-hybridized carbons (Fsp3) is 0.818. The predicted octanol–water partition coefficient (Wildman–Crippen LogP) is 3.16. The van der Waals surface area contributed by atoms with E-state index in [1.165, 1.54) is 13.1 Å². The average molecular weight is 228 g/mol. The summed E-state index contributed by atoms with van der Waals surface area (Å²) in [5, 5.41) is 0. The van der Waals surface area contributed by atoms with Crippen LogP contribution >= 0.6 is 8.45 Å². The molecule has 0 amide bonds. The SMILES string of the molecule is CC(C)N1C=C(C(C)(C)C)OP1N1CC1. The number of nitrogens with zero attached hydrogens (tertiary/aromatic N) is 2. The van der Waals surface area contributed by atoms with Crippen LogP contribution in [0.25, 0.3) is 0 Å². The molecular formula is C11H21N2OP.